The standard InChI is InChI=1S/C24H24F2N6O/c1-14-22-24(29-15(2)28-14)32(23(30-22)18-6-19(25)9-27-8-18)12-17-4-5-20(7-21(17)26)33-13-16-10-31(3)11-16/h4-9,16H,10-13H2,1-3H3. The van der Waals surface area contributed by atoms with E-state index in [1.807, 2.05) is 6.92 Å². The molecule has 1 fully saturated rings. The van der Waals surface area contributed by atoms with Crippen molar-refractivity contribution in [1.29, 1.82) is 0 Å². The normalized spacial score (nSPS) is 14.6. The molecule has 0 unspecified atom stereocenters. The lowest BCUT2D eigenvalue weighted by atomic mass is 10.0. The van der Waals surface area contributed by atoms with Crippen molar-refractivity contribution in [3.63, 3.8) is 0 Å². The van der Waals surface area contributed by atoms with Crippen molar-refractivity contribution < 1.29 is 13.5 Å². The summed E-state index contributed by atoms with van der Waals surface area (Å²) >= 11 is 0. The Morgan fingerprint density at radius 2 is 1.88 bits per heavy atom. The van der Waals surface area contributed by atoms with Gasteiger partial charge in [-0.1, -0.05) is 6.07 Å². The zero-order valence-electron chi connectivity index (χ0n) is 18.7. The van der Waals surface area contributed by atoms with E-state index in [1.54, 1.807) is 23.6 Å². The number of aromatic nitrogens is 5. The summed E-state index contributed by atoms with van der Waals surface area (Å²) in [5.41, 5.74) is 2.78. The Morgan fingerprint density at radius 3 is 2.61 bits per heavy atom. The van der Waals surface area contributed by atoms with Gasteiger partial charge in [-0.25, -0.2) is 23.7 Å². The molecule has 0 spiro atoms. The lowest BCUT2D eigenvalue weighted by Crippen LogP contribution is -2.46. The van der Waals surface area contributed by atoms with Crippen LogP contribution in [0.3, 0.4) is 0 Å². The third-order valence-corrected chi connectivity index (χ3v) is 5.82. The van der Waals surface area contributed by atoms with E-state index in [0.29, 0.717) is 57.9 Å². The number of fused-ring (bicyclic) bond motifs is 1. The summed E-state index contributed by atoms with van der Waals surface area (Å²) in [7, 11) is 2.06. The highest BCUT2D eigenvalue weighted by molar-refractivity contribution is 5.79. The number of hydrogen-bond donors (Lipinski definition) is 0. The molecule has 0 aliphatic carbocycles. The molecule has 0 amide bonds. The third-order valence-electron chi connectivity index (χ3n) is 5.82. The first-order valence-corrected chi connectivity index (χ1v) is 10.8. The van der Waals surface area contributed by atoms with Crippen LogP contribution >= 0.6 is 0 Å². The van der Waals surface area contributed by atoms with Gasteiger partial charge in [-0.15, -0.1) is 0 Å². The summed E-state index contributed by atoms with van der Waals surface area (Å²) in [5, 5.41) is 0. The molecule has 1 saturated heterocycles. The largest absolute Gasteiger partial charge is 0.493 e. The second kappa shape index (κ2) is 8.47. The summed E-state index contributed by atoms with van der Waals surface area (Å²) in [6, 6.07) is 6.24. The van der Waals surface area contributed by atoms with E-state index < -0.39 is 5.82 Å². The van der Waals surface area contributed by atoms with Crippen LogP contribution in [0.1, 0.15) is 17.1 Å². The highest BCUT2D eigenvalue weighted by Crippen LogP contribution is 2.28. The molecule has 0 atom stereocenters. The van der Waals surface area contributed by atoms with E-state index in [4.69, 9.17) is 4.74 Å². The first kappa shape index (κ1) is 21.4. The second-order valence-corrected chi connectivity index (χ2v) is 8.59. The Labute approximate surface area is 190 Å². The van der Waals surface area contributed by atoms with Gasteiger partial charge in [-0.2, -0.15) is 0 Å². The zero-order valence-corrected chi connectivity index (χ0v) is 18.7. The van der Waals surface area contributed by atoms with Gasteiger partial charge in [0.15, 0.2) is 5.65 Å². The minimum atomic E-state index is -0.476. The molecular formula is C24H24F2N6O. The van der Waals surface area contributed by atoms with Crippen LogP contribution in [-0.4, -0.2) is 56.1 Å². The second-order valence-electron chi connectivity index (χ2n) is 8.59. The first-order valence-electron chi connectivity index (χ1n) is 10.8. The lowest BCUT2D eigenvalue weighted by Gasteiger charge is -2.35. The Kier molecular flexibility index (Phi) is 5.49. The maximum atomic E-state index is 15.1. The van der Waals surface area contributed by atoms with Crippen LogP contribution in [0.4, 0.5) is 8.78 Å². The zero-order chi connectivity index (χ0) is 23.1. The van der Waals surface area contributed by atoms with Gasteiger partial charge in [0.1, 0.15) is 34.5 Å². The molecule has 0 N–H and O–H groups in total. The van der Waals surface area contributed by atoms with Crippen LogP contribution in [0.15, 0.2) is 36.7 Å². The minimum absolute atomic E-state index is 0.164. The topological polar surface area (TPSA) is 69.0 Å². The molecule has 170 valence electrons. The van der Waals surface area contributed by atoms with Crippen LogP contribution in [0.2, 0.25) is 0 Å². The molecule has 7 nitrogen and oxygen atoms in total. The van der Waals surface area contributed by atoms with Gasteiger partial charge in [-0.3, -0.25) is 4.98 Å². The van der Waals surface area contributed by atoms with Gasteiger partial charge < -0.3 is 14.2 Å². The molecule has 0 saturated carbocycles. The molecular weight excluding hydrogens is 426 g/mol. The van der Waals surface area contributed by atoms with Crippen molar-refractivity contribution in [2.75, 3.05) is 26.7 Å². The summed E-state index contributed by atoms with van der Waals surface area (Å²) in [6.45, 7) is 6.35. The number of imidazole rings is 1. The SMILES string of the molecule is Cc1nc(C)c2nc(-c3cncc(F)c3)n(Cc3ccc(OCC4CN(C)C4)cc3F)c2n1. The van der Waals surface area contributed by atoms with Crippen molar-refractivity contribution in [3.8, 4) is 17.1 Å². The fourth-order valence-electron chi connectivity index (χ4n) is 4.24. The van der Waals surface area contributed by atoms with Crippen molar-refractivity contribution in [3.05, 3.63) is 65.4 Å². The maximum absolute atomic E-state index is 15.1. The van der Waals surface area contributed by atoms with E-state index in [0.717, 1.165) is 19.3 Å². The van der Waals surface area contributed by atoms with Crippen molar-refractivity contribution in [2.24, 2.45) is 5.92 Å². The fraction of sp³-hybridized carbons (Fsp3) is 0.333. The molecule has 5 rings (SSSR count). The van der Waals surface area contributed by atoms with Gasteiger partial charge in [0.05, 0.1) is 25.0 Å². The smallest absolute Gasteiger partial charge is 0.164 e. The summed E-state index contributed by atoms with van der Waals surface area (Å²) in [5.74, 6) is 1.15. The number of aryl methyl sites for hydroxylation is 2. The number of likely N-dealkylation sites (tertiary alicyclic amines) is 1. The molecule has 3 aromatic heterocycles. The van der Waals surface area contributed by atoms with Crippen LogP contribution < -0.4 is 4.74 Å². The molecule has 9 heteroatoms. The monoisotopic (exact) mass is 450 g/mol. The van der Waals surface area contributed by atoms with E-state index in [9.17, 15) is 4.39 Å². The van der Waals surface area contributed by atoms with Crippen LogP contribution in [0.5, 0.6) is 5.75 Å². The third kappa shape index (κ3) is 4.28. The minimum Gasteiger partial charge on any atom is -0.493 e. The summed E-state index contributed by atoms with van der Waals surface area (Å²) in [4.78, 5) is 19.7. The van der Waals surface area contributed by atoms with Gasteiger partial charge in [-0.05, 0) is 33.0 Å². The quantitative estimate of drug-likeness (QED) is 0.446. The highest BCUT2D eigenvalue weighted by atomic mass is 19.1. The molecule has 4 heterocycles. The van der Waals surface area contributed by atoms with Crippen molar-refractivity contribution in [1.82, 2.24) is 29.4 Å². The highest BCUT2D eigenvalue weighted by Gasteiger charge is 2.24. The van der Waals surface area contributed by atoms with Crippen LogP contribution in [-0.2, 0) is 6.54 Å². The predicted octanol–water partition coefficient (Wildman–Crippen LogP) is 3.77. The van der Waals surface area contributed by atoms with Crippen molar-refractivity contribution >= 4 is 11.2 Å². The lowest BCUT2D eigenvalue weighted by molar-refractivity contribution is 0.0856. The van der Waals surface area contributed by atoms with Crippen molar-refractivity contribution in [2.45, 2.75) is 20.4 Å². The van der Waals surface area contributed by atoms with Gasteiger partial charge >= 0.3 is 0 Å². The summed E-state index contributed by atoms with van der Waals surface area (Å²) in [6.07, 6.45) is 2.66. The average molecular weight is 450 g/mol. The number of rotatable bonds is 6. The molecule has 1 aromatic carbocycles. The Balaban J connectivity index is 1.49. The molecule has 0 bridgehead atoms. The fourth-order valence-corrected chi connectivity index (χ4v) is 4.24. The van der Waals surface area contributed by atoms with Crippen LogP contribution in [0.25, 0.3) is 22.6 Å². The average Bonchev–Trinajstić information content (AvgIpc) is 3.11. The van der Waals surface area contributed by atoms with E-state index in [2.05, 4.69) is 31.9 Å². The number of hydrogen-bond acceptors (Lipinski definition) is 6. The number of nitrogens with zero attached hydrogens (tertiary/aromatic N) is 6. The van der Waals surface area contributed by atoms with Gasteiger partial charge in [0, 0.05) is 42.4 Å². The number of ether oxygens (including phenoxy) is 1. The first-order chi connectivity index (χ1) is 15.9. The molecule has 1 aliphatic heterocycles. The van der Waals surface area contributed by atoms with Gasteiger partial charge in [0.2, 0.25) is 0 Å². The van der Waals surface area contributed by atoms with E-state index in [1.165, 1.54) is 18.3 Å². The Bertz CT molecular complexity index is 1330. The Hall–Kier alpha value is -3.46. The van der Waals surface area contributed by atoms with Gasteiger partial charge in [0.25, 0.3) is 0 Å². The number of benzene rings is 1. The van der Waals surface area contributed by atoms with E-state index in [-0.39, 0.29) is 12.4 Å². The molecule has 1 aliphatic rings. The molecule has 33 heavy (non-hydrogen) atoms. The predicted molar refractivity (Wildman–Crippen MR) is 120 cm³/mol. The number of halogens is 2. The molecule has 4 aromatic rings. The molecule has 0 radical (unpaired) electrons. The van der Waals surface area contributed by atoms with Crippen LogP contribution in [0, 0.1) is 31.4 Å². The summed E-state index contributed by atoms with van der Waals surface area (Å²) < 4.78 is 36.5. The Morgan fingerprint density at radius 1 is 1.06 bits per heavy atom. The number of pyridine rings is 1. The maximum Gasteiger partial charge on any atom is 0.164 e. The van der Waals surface area contributed by atoms with E-state index >= 15 is 4.39 Å².